The number of rotatable bonds is 4. The summed E-state index contributed by atoms with van der Waals surface area (Å²) in [7, 11) is 1.74. The summed E-state index contributed by atoms with van der Waals surface area (Å²) < 4.78 is 13.6. The van der Waals surface area contributed by atoms with Gasteiger partial charge in [0, 0.05) is 25.1 Å². The second-order valence-electron chi connectivity index (χ2n) is 5.32. The zero-order chi connectivity index (χ0) is 13.8. The van der Waals surface area contributed by atoms with Gasteiger partial charge in [-0.05, 0) is 31.4 Å². The van der Waals surface area contributed by atoms with Gasteiger partial charge in [-0.15, -0.1) is 0 Å². The van der Waals surface area contributed by atoms with E-state index < -0.39 is 0 Å². The monoisotopic (exact) mass is 264 g/mol. The molecule has 0 spiro atoms. The zero-order valence-corrected chi connectivity index (χ0v) is 11.3. The summed E-state index contributed by atoms with van der Waals surface area (Å²) in [5, 5.41) is 0. The fourth-order valence-corrected chi connectivity index (χ4v) is 2.89. The van der Waals surface area contributed by atoms with E-state index in [-0.39, 0.29) is 23.6 Å². The zero-order valence-electron chi connectivity index (χ0n) is 11.3. The van der Waals surface area contributed by atoms with Gasteiger partial charge in [0.25, 0.3) is 0 Å². The molecule has 0 aromatic heterocycles. The Balaban J connectivity index is 2.02. The van der Waals surface area contributed by atoms with Crippen molar-refractivity contribution >= 4 is 5.91 Å². The van der Waals surface area contributed by atoms with Crippen LogP contribution in [0, 0.1) is 17.7 Å². The predicted molar refractivity (Wildman–Crippen MR) is 72.8 cm³/mol. The number of carbonyl (C=O) groups excluding carboxylic acids is 1. The molecule has 1 aliphatic rings. The number of halogens is 1. The summed E-state index contributed by atoms with van der Waals surface area (Å²) >= 11 is 0. The van der Waals surface area contributed by atoms with Crippen molar-refractivity contribution in [2.75, 3.05) is 13.6 Å². The molecule has 1 aromatic carbocycles. The van der Waals surface area contributed by atoms with Gasteiger partial charge in [0.2, 0.25) is 5.91 Å². The first-order chi connectivity index (χ1) is 9.13. The summed E-state index contributed by atoms with van der Waals surface area (Å²) in [6.45, 7) is 0.878. The third-order valence-electron chi connectivity index (χ3n) is 4.02. The van der Waals surface area contributed by atoms with E-state index in [9.17, 15) is 9.18 Å². The topological polar surface area (TPSA) is 46.3 Å². The lowest BCUT2D eigenvalue weighted by Crippen LogP contribution is -2.36. The van der Waals surface area contributed by atoms with Crippen LogP contribution in [0.15, 0.2) is 24.3 Å². The fraction of sp³-hybridized carbons (Fsp3) is 0.533. The summed E-state index contributed by atoms with van der Waals surface area (Å²) in [5.74, 6) is 0.137. The molecule has 1 fully saturated rings. The average Bonchev–Trinajstić information content (AvgIpc) is 2.88. The lowest BCUT2D eigenvalue weighted by Gasteiger charge is -2.24. The third-order valence-corrected chi connectivity index (χ3v) is 4.02. The second-order valence-corrected chi connectivity index (χ2v) is 5.32. The molecule has 104 valence electrons. The Labute approximate surface area is 113 Å². The van der Waals surface area contributed by atoms with E-state index >= 15 is 0 Å². The minimum absolute atomic E-state index is 0.0155. The minimum Gasteiger partial charge on any atom is -0.341 e. The van der Waals surface area contributed by atoms with E-state index in [0.29, 0.717) is 18.7 Å². The van der Waals surface area contributed by atoms with Crippen molar-refractivity contribution in [3.8, 4) is 0 Å². The molecule has 4 heteroatoms. The molecule has 2 N–H and O–H groups in total. The molecule has 0 aliphatic heterocycles. The average molecular weight is 264 g/mol. The standard InChI is InChI=1S/C15H21FN2O/c1-18(10-12-5-2-3-8-14(12)16)15(19)13-7-4-6-11(13)9-17/h2-3,5,8,11,13H,4,6-7,9-10,17H2,1H3/t11-,13-/m1/s1. The Morgan fingerprint density at radius 3 is 2.84 bits per heavy atom. The molecule has 2 rings (SSSR count). The van der Waals surface area contributed by atoms with Gasteiger partial charge in [0.1, 0.15) is 5.82 Å². The van der Waals surface area contributed by atoms with Crippen molar-refractivity contribution in [2.45, 2.75) is 25.8 Å². The van der Waals surface area contributed by atoms with Gasteiger partial charge >= 0.3 is 0 Å². The van der Waals surface area contributed by atoms with Crippen LogP contribution in [0.3, 0.4) is 0 Å². The molecule has 0 bridgehead atoms. The van der Waals surface area contributed by atoms with Crippen LogP contribution in [0.25, 0.3) is 0 Å². The van der Waals surface area contributed by atoms with Gasteiger partial charge < -0.3 is 10.6 Å². The molecule has 19 heavy (non-hydrogen) atoms. The quantitative estimate of drug-likeness (QED) is 0.906. The van der Waals surface area contributed by atoms with Crippen LogP contribution in [0.5, 0.6) is 0 Å². The number of hydrogen-bond donors (Lipinski definition) is 1. The third kappa shape index (κ3) is 3.13. The highest BCUT2D eigenvalue weighted by Gasteiger charge is 2.33. The molecular formula is C15H21FN2O. The summed E-state index contributed by atoms with van der Waals surface area (Å²) in [4.78, 5) is 14.0. The van der Waals surface area contributed by atoms with Crippen LogP contribution in [0.1, 0.15) is 24.8 Å². The lowest BCUT2D eigenvalue weighted by atomic mass is 9.95. The molecule has 2 atom stereocenters. The molecule has 0 unspecified atom stereocenters. The highest BCUT2D eigenvalue weighted by atomic mass is 19.1. The Kier molecular flexibility index (Phi) is 4.53. The van der Waals surface area contributed by atoms with E-state index in [0.717, 1.165) is 19.3 Å². The number of hydrogen-bond acceptors (Lipinski definition) is 2. The van der Waals surface area contributed by atoms with Crippen LogP contribution >= 0.6 is 0 Å². The molecule has 1 amide bonds. The van der Waals surface area contributed by atoms with Crippen LogP contribution in [-0.2, 0) is 11.3 Å². The van der Waals surface area contributed by atoms with Crippen molar-refractivity contribution in [1.29, 1.82) is 0 Å². The summed E-state index contributed by atoms with van der Waals surface area (Å²) in [6, 6.07) is 6.58. The van der Waals surface area contributed by atoms with Crippen molar-refractivity contribution in [3.05, 3.63) is 35.6 Å². The van der Waals surface area contributed by atoms with Crippen molar-refractivity contribution in [2.24, 2.45) is 17.6 Å². The molecule has 0 radical (unpaired) electrons. The van der Waals surface area contributed by atoms with E-state index in [1.54, 1.807) is 30.1 Å². The number of carbonyl (C=O) groups is 1. The Morgan fingerprint density at radius 1 is 1.42 bits per heavy atom. The van der Waals surface area contributed by atoms with E-state index in [2.05, 4.69) is 0 Å². The van der Waals surface area contributed by atoms with Crippen molar-refractivity contribution in [3.63, 3.8) is 0 Å². The van der Waals surface area contributed by atoms with Gasteiger partial charge in [-0.2, -0.15) is 0 Å². The number of benzene rings is 1. The molecule has 1 saturated carbocycles. The molecular weight excluding hydrogens is 243 g/mol. The van der Waals surface area contributed by atoms with Crippen LogP contribution in [0.4, 0.5) is 4.39 Å². The Morgan fingerprint density at radius 2 is 2.16 bits per heavy atom. The lowest BCUT2D eigenvalue weighted by molar-refractivity contribution is -0.135. The van der Waals surface area contributed by atoms with E-state index in [1.165, 1.54) is 6.07 Å². The van der Waals surface area contributed by atoms with E-state index in [1.807, 2.05) is 0 Å². The first-order valence-corrected chi connectivity index (χ1v) is 6.82. The van der Waals surface area contributed by atoms with Crippen LogP contribution in [0.2, 0.25) is 0 Å². The summed E-state index contributed by atoms with van der Waals surface area (Å²) in [6.07, 6.45) is 2.99. The Hall–Kier alpha value is -1.42. The van der Waals surface area contributed by atoms with Gasteiger partial charge in [0.05, 0.1) is 0 Å². The molecule has 3 nitrogen and oxygen atoms in total. The number of amides is 1. The maximum absolute atomic E-state index is 13.6. The van der Waals surface area contributed by atoms with Gasteiger partial charge in [-0.1, -0.05) is 24.6 Å². The highest BCUT2D eigenvalue weighted by Crippen LogP contribution is 2.32. The number of nitrogens with zero attached hydrogens (tertiary/aromatic N) is 1. The maximum Gasteiger partial charge on any atom is 0.226 e. The maximum atomic E-state index is 13.6. The highest BCUT2D eigenvalue weighted by molar-refractivity contribution is 5.79. The molecule has 0 heterocycles. The number of nitrogens with two attached hydrogens (primary N) is 1. The minimum atomic E-state index is -0.260. The first-order valence-electron chi connectivity index (χ1n) is 6.82. The second kappa shape index (κ2) is 6.15. The van der Waals surface area contributed by atoms with Gasteiger partial charge in [-0.3, -0.25) is 4.79 Å². The van der Waals surface area contributed by atoms with Crippen molar-refractivity contribution < 1.29 is 9.18 Å². The smallest absolute Gasteiger partial charge is 0.226 e. The van der Waals surface area contributed by atoms with Gasteiger partial charge in [-0.25, -0.2) is 4.39 Å². The van der Waals surface area contributed by atoms with Gasteiger partial charge in [0.15, 0.2) is 0 Å². The molecule has 1 aliphatic carbocycles. The largest absolute Gasteiger partial charge is 0.341 e. The fourth-order valence-electron chi connectivity index (χ4n) is 2.89. The first kappa shape index (κ1) is 14.0. The molecule has 0 saturated heterocycles. The van der Waals surface area contributed by atoms with Crippen LogP contribution in [-0.4, -0.2) is 24.4 Å². The Bertz CT molecular complexity index is 450. The van der Waals surface area contributed by atoms with E-state index in [4.69, 9.17) is 5.73 Å². The summed E-state index contributed by atoms with van der Waals surface area (Å²) in [5.41, 5.74) is 6.26. The van der Waals surface area contributed by atoms with Crippen LogP contribution < -0.4 is 5.73 Å². The predicted octanol–water partition coefficient (Wildman–Crippen LogP) is 2.16. The normalized spacial score (nSPS) is 22.5. The SMILES string of the molecule is CN(Cc1ccccc1F)C(=O)[C@@H]1CCC[C@@H]1CN. The van der Waals surface area contributed by atoms with Crippen molar-refractivity contribution in [1.82, 2.24) is 4.90 Å². The molecule has 1 aromatic rings.